The average Bonchev–Trinajstić information content (AvgIpc) is 2.65. The third-order valence-corrected chi connectivity index (χ3v) is 6.32. The molecule has 2 heteroatoms. The lowest BCUT2D eigenvalue weighted by Gasteiger charge is -2.36. The molecule has 0 amide bonds. The Bertz CT molecular complexity index is 615. The molecule has 0 aromatic heterocycles. The van der Waals surface area contributed by atoms with Crippen molar-refractivity contribution in [2.45, 2.75) is 71.1 Å². The first-order chi connectivity index (χ1) is 12.7. The van der Waals surface area contributed by atoms with E-state index in [0.29, 0.717) is 11.8 Å². The summed E-state index contributed by atoms with van der Waals surface area (Å²) in [7, 11) is 0. The molecule has 26 heavy (non-hydrogen) atoms. The Morgan fingerprint density at radius 3 is 2.35 bits per heavy atom. The van der Waals surface area contributed by atoms with Crippen LogP contribution in [0.5, 0.6) is 0 Å². The summed E-state index contributed by atoms with van der Waals surface area (Å²) in [5.41, 5.74) is 1.84. The fourth-order valence-electron chi connectivity index (χ4n) is 4.86. The summed E-state index contributed by atoms with van der Waals surface area (Å²) >= 11 is 0. The van der Waals surface area contributed by atoms with E-state index in [-0.39, 0.29) is 0 Å². The van der Waals surface area contributed by atoms with Crippen LogP contribution in [-0.2, 0) is 0 Å². The molecule has 0 bridgehead atoms. The Labute approximate surface area is 157 Å². The second-order valence-corrected chi connectivity index (χ2v) is 8.18. The van der Waals surface area contributed by atoms with E-state index in [1.54, 1.807) is 0 Å². The fraction of sp³-hybridized carbons (Fsp3) is 0.583. The maximum atomic E-state index is 13.7. The predicted molar refractivity (Wildman–Crippen MR) is 106 cm³/mol. The molecule has 0 heterocycles. The highest BCUT2D eigenvalue weighted by molar-refractivity contribution is 5.70. The van der Waals surface area contributed by atoms with Crippen molar-refractivity contribution in [3.63, 3.8) is 0 Å². The van der Waals surface area contributed by atoms with Gasteiger partial charge in [-0.1, -0.05) is 70.1 Å². The van der Waals surface area contributed by atoms with Crippen molar-refractivity contribution in [1.82, 2.24) is 0 Å². The van der Waals surface area contributed by atoms with Crippen molar-refractivity contribution in [2.75, 3.05) is 0 Å². The second-order valence-electron chi connectivity index (χ2n) is 8.18. The van der Waals surface area contributed by atoms with Gasteiger partial charge >= 0.3 is 0 Å². The van der Waals surface area contributed by atoms with Crippen LogP contribution < -0.4 is 0 Å². The molecule has 0 saturated heterocycles. The molecular formula is C24H32F2. The summed E-state index contributed by atoms with van der Waals surface area (Å²) in [6, 6.07) is 3.93. The molecule has 0 N–H and O–H groups in total. The van der Waals surface area contributed by atoms with Gasteiger partial charge in [0, 0.05) is 6.07 Å². The minimum absolute atomic E-state index is 0.405. The van der Waals surface area contributed by atoms with Gasteiger partial charge in [-0.15, -0.1) is 0 Å². The van der Waals surface area contributed by atoms with E-state index in [1.807, 2.05) is 6.08 Å². The summed E-state index contributed by atoms with van der Waals surface area (Å²) in [6.45, 7) is 2.26. The summed E-state index contributed by atoms with van der Waals surface area (Å²) in [4.78, 5) is 0. The van der Waals surface area contributed by atoms with Gasteiger partial charge in [-0.05, 0) is 60.3 Å². The average molecular weight is 359 g/mol. The minimum atomic E-state index is -0.481. The van der Waals surface area contributed by atoms with Crippen LogP contribution in [0.25, 0.3) is 5.57 Å². The first-order valence-electron chi connectivity index (χ1n) is 10.5. The molecule has 1 aromatic rings. The Hall–Kier alpha value is -1.44. The molecule has 1 atom stereocenters. The Morgan fingerprint density at radius 1 is 0.923 bits per heavy atom. The third-order valence-electron chi connectivity index (χ3n) is 6.32. The van der Waals surface area contributed by atoms with Gasteiger partial charge < -0.3 is 0 Å². The van der Waals surface area contributed by atoms with E-state index in [2.05, 4.69) is 19.1 Å². The van der Waals surface area contributed by atoms with Crippen LogP contribution in [0.1, 0.15) is 76.7 Å². The first kappa shape index (κ1) is 19.3. The maximum absolute atomic E-state index is 13.7. The van der Waals surface area contributed by atoms with Crippen molar-refractivity contribution in [2.24, 2.45) is 17.8 Å². The molecule has 3 rings (SSSR count). The van der Waals surface area contributed by atoms with Gasteiger partial charge in [0.25, 0.3) is 0 Å². The monoisotopic (exact) mass is 358 g/mol. The molecule has 1 saturated carbocycles. The highest BCUT2D eigenvalue weighted by Crippen LogP contribution is 2.43. The molecule has 142 valence electrons. The highest BCUT2D eigenvalue weighted by atomic mass is 19.1. The van der Waals surface area contributed by atoms with E-state index < -0.39 is 11.6 Å². The molecule has 0 spiro atoms. The molecule has 1 unspecified atom stereocenters. The first-order valence-corrected chi connectivity index (χ1v) is 10.5. The normalized spacial score (nSPS) is 26.0. The van der Waals surface area contributed by atoms with E-state index in [0.717, 1.165) is 29.5 Å². The predicted octanol–water partition coefficient (Wildman–Crippen LogP) is 7.70. The van der Waals surface area contributed by atoms with Crippen molar-refractivity contribution < 1.29 is 8.78 Å². The zero-order chi connectivity index (χ0) is 18.4. The molecule has 2 aliphatic rings. The maximum Gasteiger partial charge on any atom is 0.126 e. The Balaban J connectivity index is 1.60. The largest absolute Gasteiger partial charge is 0.207 e. The van der Waals surface area contributed by atoms with Gasteiger partial charge in [-0.2, -0.15) is 0 Å². The standard InChI is InChI=1S/C24H32F2/c1-2-3-4-5-8-18-11-13-19(14-12-18)23-9-6-7-10-24(23)20-15-21(25)17-22(26)16-20/h6-7,10,15-19,23H,2-5,8-9,11-14H2,1H3. The third kappa shape index (κ3) is 5.05. The van der Waals surface area contributed by atoms with Gasteiger partial charge in [0.1, 0.15) is 11.6 Å². The highest BCUT2D eigenvalue weighted by Gasteiger charge is 2.30. The van der Waals surface area contributed by atoms with E-state index in [4.69, 9.17) is 0 Å². The van der Waals surface area contributed by atoms with Crippen molar-refractivity contribution >= 4 is 5.57 Å². The lowest BCUT2D eigenvalue weighted by molar-refractivity contribution is 0.222. The van der Waals surface area contributed by atoms with Crippen LogP contribution in [0.2, 0.25) is 0 Å². The number of halogens is 2. The van der Waals surface area contributed by atoms with Gasteiger partial charge in [-0.25, -0.2) is 8.78 Å². The molecule has 1 aromatic carbocycles. The zero-order valence-electron chi connectivity index (χ0n) is 16.0. The number of rotatable bonds is 7. The number of allylic oxidation sites excluding steroid dienone is 4. The van der Waals surface area contributed by atoms with E-state index >= 15 is 0 Å². The van der Waals surface area contributed by atoms with Crippen molar-refractivity contribution in [3.8, 4) is 0 Å². The fourth-order valence-corrected chi connectivity index (χ4v) is 4.86. The topological polar surface area (TPSA) is 0 Å². The van der Waals surface area contributed by atoms with E-state index in [9.17, 15) is 8.78 Å². The van der Waals surface area contributed by atoms with Crippen LogP contribution in [0.4, 0.5) is 8.78 Å². The number of unbranched alkanes of at least 4 members (excludes halogenated alkanes) is 3. The van der Waals surface area contributed by atoms with Crippen molar-refractivity contribution in [1.29, 1.82) is 0 Å². The van der Waals surface area contributed by atoms with Crippen LogP contribution in [0.3, 0.4) is 0 Å². The smallest absolute Gasteiger partial charge is 0.126 e. The zero-order valence-corrected chi connectivity index (χ0v) is 16.0. The van der Waals surface area contributed by atoms with Crippen molar-refractivity contribution in [3.05, 3.63) is 53.6 Å². The summed E-state index contributed by atoms with van der Waals surface area (Å²) in [5, 5.41) is 0. The summed E-state index contributed by atoms with van der Waals surface area (Å²) in [6.07, 6.45) is 19.3. The second kappa shape index (κ2) is 9.48. The number of hydrogen-bond donors (Lipinski definition) is 0. The van der Waals surface area contributed by atoms with Crippen LogP contribution in [0, 0.1) is 29.4 Å². The lowest BCUT2D eigenvalue weighted by Crippen LogP contribution is -2.23. The van der Waals surface area contributed by atoms with Crippen LogP contribution >= 0.6 is 0 Å². The number of benzene rings is 1. The van der Waals surface area contributed by atoms with Gasteiger partial charge in [0.05, 0.1) is 0 Å². The SMILES string of the molecule is CCCCCCC1CCC(C2CC=CC=C2c2cc(F)cc(F)c2)CC1. The van der Waals surface area contributed by atoms with Gasteiger partial charge in [0.15, 0.2) is 0 Å². The molecule has 0 radical (unpaired) electrons. The van der Waals surface area contributed by atoms with Crippen LogP contribution in [0.15, 0.2) is 36.4 Å². The molecule has 0 aliphatic heterocycles. The molecule has 1 fully saturated rings. The lowest BCUT2D eigenvalue weighted by atomic mass is 9.69. The van der Waals surface area contributed by atoms with Crippen LogP contribution in [-0.4, -0.2) is 0 Å². The van der Waals surface area contributed by atoms with Gasteiger partial charge in [-0.3, -0.25) is 0 Å². The Kier molecular flexibility index (Phi) is 7.05. The molecule has 0 nitrogen and oxygen atoms in total. The molecule has 2 aliphatic carbocycles. The Morgan fingerprint density at radius 2 is 1.65 bits per heavy atom. The quantitative estimate of drug-likeness (QED) is 0.438. The summed E-state index contributed by atoms with van der Waals surface area (Å²) < 4.78 is 27.4. The van der Waals surface area contributed by atoms with E-state index in [1.165, 1.54) is 69.9 Å². The van der Waals surface area contributed by atoms with Gasteiger partial charge in [0.2, 0.25) is 0 Å². The number of hydrogen-bond acceptors (Lipinski definition) is 0. The molecular weight excluding hydrogens is 326 g/mol. The minimum Gasteiger partial charge on any atom is -0.207 e. The summed E-state index contributed by atoms with van der Waals surface area (Å²) in [5.74, 6) is 0.975.